The van der Waals surface area contributed by atoms with Gasteiger partial charge in [0, 0.05) is 17.7 Å². The quantitative estimate of drug-likeness (QED) is 0.884. The predicted octanol–water partition coefficient (Wildman–Crippen LogP) is 3.00. The molecule has 0 amide bonds. The van der Waals surface area contributed by atoms with Gasteiger partial charge in [-0.25, -0.2) is 4.98 Å². The van der Waals surface area contributed by atoms with Crippen LogP contribution >= 0.6 is 15.9 Å². The van der Waals surface area contributed by atoms with E-state index in [1.807, 2.05) is 13.0 Å². The molecular formula is C13H14BrN3O2S. The van der Waals surface area contributed by atoms with E-state index in [1.54, 1.807) is 31.3 Å². The molecule has 0 fully saturated rings. The molecule has 0 radical (unpaired) electrons. The first-order valence-electron chi connectivity index (χ1n) is 5.85. The molecule has 1 aromatic carbocycles. The summed E-state index contributed by atoms with van der Waals surface area (Å²) in [6, 6.07) is 8.69. The SMILES string of the molecule is CNc1cccnc1S(=O)(=O)Nc1cc(C)cc(Br)c1. The molecule has 0 saturated carbocycles. The van der Waals surface area contributed by atoms with Crippen molar-refractivity contribution in [3.63, 3.8) is 0 Å². The maximum Gasteiger partial charge on any atom is 0.281 e. The molecule has 0 unspecified atom stereocenters. The molecule has 0 bridgehead atoms. The summed E-state index contributed by atoms with van der Waals surface area (Å²) in [6.45, 7) is 1.89. The Morgan fingerprint density at radius 3 is 2.65 bits per heavy atom. The van der Waals surface area contributed by atoms with Crippen molar-refractivity contribution in [2.45, 2.75) is 11.9 Å². The third-order valence-corrected chi connectivity index (χ3v) is 4.39. The predicted molar refractivity (Wildman–Crippen MR) is 83.5 cm³/mol. The fourth-order valence-corrected chi connectivity index (χ4v) is 3.59. The van der Waals surface area contributed by atoms with E-state index in [9.17, 15) is 8.42 Å². The summed E-state index contributed by atoms with van der Waals surface area (Å²) in [5.74, 6) is 0. The van der Waals surface area contributed by atoms with Crippen LogP contribution in [0.25, 0.3) is 0 Å². The van der Waals surface area contributed by atoms with Crippen LogP contribution in [0.2, 0.25) is 0 Å². The van der Waals surface area contributed by atoms with Gasteiger partial charge in [0.25, 0.3) is 10.0 Å². The Morgan fingerprint density at radius 1 is 1.25 bits per heavy atom. The lowest BCUT2D eigenvalue weighted by atomic mass is 10.2. The van der Waals surface area contributed by atoms with Crippen LogP contribution in [-0.2, 0) is 10.0 Å². The number of aromatic nitrogens is 1. The third-order valence-electron chi connectivity index (χ3n) is 2.59. The minimum atomic E-state index is -3.73. The lowest BCUT2D eigenvalue weighted by Crippen LogP contribution is -2.16. The number of nitrogens with one attached hydrogen (secondary N) is 2. The smallest absolute Gasteiger partial charge is 0.281 e. The molecule has 1 heterocycles. The van der Waals surface area contributed by atoms with E-state index in [-0.39, 0.29) is 5.03 Å². The van der Waals surface area contributed by atoms with Gasteiger partial charge in [-0.1, -0.05) is 15.9 Å². The van der Waals surface area contributed by atoms with Gasteiger partial charge in [-0.05, 0) is 42.8 Å². The van der Waals surface area contributed by atoms with Gasteiger partial charge in [0.1, 0.15) is 0 Å². The van der Waals surface area contributed by atoms with Crippen molar-refractivity contribution < 1.29 is 8.42 Å². The van der Waals surface area contributed by atoms with Crippen LogP contribution in [0.5, 0.6) is 0 Å². The minimum absolute atomic E-state index is 0.0277. The van der Waals surface area contributed by atoms with Crippen molar-refractivity contribution >= 4 is 37.3 Å². The van der Waals surface area contributed by atoms with Crippen molar-refractivity contribution in [1.82, 2.24) is 4.98 Å². The van der Waals surface area contributed by atoms with E-state index in [2.05, 4.69) is 31.0 Å². The summed E-state index contributed by atoms with van der Waals surface area (Å²) < 4.78 is 28.1. The van der Waals surface area contributed by atoms with Gasteiger partial charge >= 0.3 is 0 Å². The van der Waals surface area contributed by atoms with Gasteiger partial charge in [-0.2, -0.15) is 8.42 Å². The second-order valence-electron chi connectivity index (χ2n) is 4.23. The van der Waals surface area contributed by atoms with Gasteiger partial charge < -0.3 is 5.32 Å². The molecule has 0 aliphatic heterocycles. The topological polar surface area (TPSA) is 71.1 Å². The standard InChI is InChI=1S/C13H14BrN3O2S/c1-9-6-10(14)8-11(7-9)17-20(18,19)13-12(15-2)4-3-5-16-13/h3-8,15,17H,1-2H3. The fraction of sp³-hybridized carbons (Fsp3) is 0.154. The van der Waals surface area contributed by atoms with E-state index < -0.39 is 10.0 Å². The maximum atomic E-state index is 12.4. The Hall–Kier alpha value is -1.60. The molecule has 0 saturated heterocycles. The number of rotatable bonds is 4. The Morgan fingerprint density at radius 2 is 2.00 bits per heavy atom. The van der Waals surface area contributed by atoms with Gasteiger partial charge in [0.15, 0.2) is 5.03 Å². The first-order chi connectivity index (χ1) is 9.42. The van der Waals surface area contributed by atoms with Crippen molar-refractivity contribution in [2.75, 3.05) is 17.1 Å². The molecule has 2 aromatic rings. The second-order valence-corrected chi connectivity index (χ2v) is 6.74. The van der Waals surface area contributed by atoms with Crippen LogP contribution in [-0.4, -0.2) is 20.4 Å². The summed E-state index contributed by atoms with van der Waals surface area (Å²) in [5, 5.41) is 2.79. The summed E-state index contributed by atoms with van der Waals surface area (Å²) in [6.07, 6.45) is 1.45. The normalized spacial score (nSPS) is 11.2. The van der Waals surface area contributed by atoms with Gasteiger partial charge in [-0.15, -0.1) is 0 Å². The largest absolute Gasteiger partial charge is 0.386 e. The van der Waals surface area contributed by atoms with Crippen LogP contribution in [0.3, 0.4) is 0 Å². The van der Waals surface area contributed by atoms with Crippen molar-refractivity contribution in [3.05, 3.63) is 46.6 Å². The molecule has 2 rings (SSSR count). The van der Waals surface area contributed by atoms with Crippen molar-refractivity contribution in [3.8, 4) is 0 Å². The number of sulfonamides is 1. The van der Waals surface area contributed by atoms with E-state index in [1.165, 1.54) is 6.20 Å². The number of hydrogen-bond donors (Lipinski definition) is 2. The minimum Gasteiger partial charge on any atom is -0.386 e. The van der Waals surface area contributed by atoms with Gasteiger partial charge in [0.05, 0.1) is 11.4 Å². The highest BCUT2D eigenvalue weighted by molar-refractivity contribution is 9.10. The van der Waals surface area contributed by atoms with Crippen molar-refractivity contribution in [1.29, 1.82) is 0 Å². The van der Waals surface area contributed by atoms with E-state index in [0.717, 1.165) is 10.0 Å². The van der Waals surface area contributed by atoms with Crippen LogP contribution in [0.1, 0.15) is 5.56 Å². The molecular weight excluding hydrogens is 342 g/mol. The zero-order valence-corrected chi connectivity index (χ0v) is 13.4. The number of halogens is 1. The highest BCUT2D eigenvalue weighted by Gasteiger charge is 2.19. The monoisotopic (exact) mass is 355 g/mol. The number of aryl methyl sites for hydroxylation is 1. The lowest BCUT2D eigenvalue weighted by molar-refractivity contribution is 0.598. The average molecular weight is 356 g/mol. The van der Waals surface area contributed by atoms with Crippen LogP contribution in [0, 0.1) is 6.92 Å². The van der Waals surface area contributed by atoms with Gasteiger partial charge in [-0.3, -0.25) is 4.72 Å². The average Bonchev–Trinajstić information content (AvgIpc) is 2.36. The summed E-state index contributed by atoms with van der Waals surface area (Å²) >= 11 is 3.34. The Labute approximate surface area is 126 Å². The number of benzene rings is 1. The first kappa shape index (κ1) is 14.8. The second kappa shape index (κ2) is 5.80. The zero-order valence-electron chi connectivity index (χ0n) is 11.0. The lowest BCUT2D eigenvalue weighted by Gasteiger charge is -2.11. The summed E-state index contributed by atoms with van der Waals surface area (Å²) in [4.78, 5) is 3.94. The number of pyridine rings is 1. The molecule has 0 aliphatic rings. The molecule has 106 valence electrons. The molecule has 0 atom stereocenters. The third kappa shape index (κ3) is 3.29. The molecule has 20 heavy (non-hydrogen) atoms. The van der Waals surface area contributed by atoms with Gasteiger partial charge in [0.2, 0.25) is 0 Å². The fourth-order valence-electron chi connectivity index (χ4n) is 1.79. The van der Waals surface area contributed by atoms with Crippen LogP contribution < -0.4 is 10.0 Å². The molecule has 1 aromatic heterocycles. The zero-order chi connectivity index (χ0) is 14.8. The highest BCUT2D eigenvalue weighted by atomic mass is 79.9. The number of hydrogen-bond acceptors (Lipinski definition) is 4. The Balaban J connectivity index is 2.41. The summed E-state index contributed by atoms with van der Waals surface area (Å²) in [5.41, 5.74) is 1.89. The molecule has 0 aliphatic carbocycles. The highest BCUT2D eigenvalue weighted by Crippen LogP contribution is 2.24. The Kier molecular flexibility index (Phi) is 4.29. The number of nitrogens with zero attached hydrogens (tertiary/aromatic N) is 1. The Bertz CT molecular complexity index is 712. The van der Waals surface area contributed by atoms with E-state index in [4.69, 9.17) is 0 Å². The maximum absolute atomic E-state index is 12.4. The summed E-state index contributed by atoms with van der Waals surface area (Å²) in [7, 11) is -2.08. The molecule has 7 heteroatoms. The first-order valence-corrected chi connectivity index (χ1v) is 8.13. The molecule has 5 nitrogen and oxygen atoms in total. The van der Waals surface area contributed by atoms with Crippen molar-refractivity contribution in [2.24, 2.45) is 0 Å². The van der Waals surface area contributed by atoms with E-state index in [0.29, 0.717) is 11.4 Å². The number of anilines is 2. The molecule has 2 N–H and O–H groups in total. The molecule has 0 spiro atoms. The van der Waals surface area contributed by atoms with Crippen LogP contribution in [0.4, 0.5) is 11.4 Å². The van der Waals surface area contributed by atoms with E-state index >= 15 is 0 Å². The van der Waals surface area contributed by atoms with Crippen LogP contribution in [0.15, 0.2) is 46.0 Å².